The molecule has 0 saturated carbocycles. The lowest BCUT2D eigenvalue weighted by Crippen LogP contribution is -2.36. The minimum absolute atomic E-state index is 0.000341. The fourth-order valence-electron chi connectivity index (χ4n) is 4.50. The van der Waals surface area contributed by atoms with Crippen LogP contribution < -0.4 is 20.9 Å². The number of nitrogens with zero attached hydrogens (tertiary/aromatic N) is 4. The molecule has 0 bridgehead atoms. The number of hydrogen-bond acceptors (Lipinski definition) is 8. The predicted molar refractivity (Wildman–Crippen MR) is 119 cm³/mol. The largest absolute Gasteiger partial charge is 0.496 e. The first-order valence-electron chi connectivity index (χ1n) is 11.1. The second-order valence-electron chi connectivity index (χ2n) is 8.33. The molecule has 164 valence electrons. The van der Waals surface area contributed by atoms with Crippen LogP contribution in [0.2, 0.25) is 0 Å². The molecule has 0 amide bonds. The van der Waals surface area contributed by atoms with Gasteiger partial charge in [0.05, 0.1) is 31.7 Å². The Morgan fingerprint density at radius 3 is 2.74 bits per heavy atom. The number of hydrazine groups is 1. The summed E-state index contributed by atoms with van der Waals surface area (Å²) in [5.41, 5.74) is 9.43. The number of rotatable bonds is 7. The number of nitrogens with one attached hydrogen (secondary N) is 3. The summed E-state index contributed by atoms with van der Waals surface area (Å²) in [5.74, 6) is 2.32. The van der Waals surface area contributed by atoms with Crippen molar-refractivity contribution < 1.29 is 4.74 Å². The van der Waals surface area contributed by atoms with Gasteiger partial charge in [-0.25, -0.2) is 20.8 Å². The SMILES string of the molecule is CCN1CCC(Cc2ccc(C3CC(Nc4cnc(C#N)cn4)NN3)c(OC)c2)CC1. The van der Waals surface area contributed by atoms with Crippen LogP contribution in [-0.4, -0.2) is 47.8 Å². The van der Waals surface area contributed by atoms with Crippen LogP contribution in [0.25, 0.3) is 0 Å². The Balaban J connectivity index is 1.36. The summed E-state index contributed by atoms with van der Waals surface area (Å²) in [4.78, 5) is 10.8. The summed E-state index contributed by atoms with van der Waals surface area (Å²) in [5, 5.41) is 12.1. The molecular weight excluding hydrogens is 390 g/mol. The van der Waals surface area contributed by atoms with E-state index in [4.69, 9.17) is 10.00 Å². The van der Waals surface area contributed by atoms with Crippen molar-refractivity contribution in [2.45, 2.75) is 44.8 Å². The van der Waals surface area contributed by atoms with Gasteiger partial charge >= 0.3 is 0 Å². The lowest BCUT2D eigenvalue weighted by atomic mass is 9.89. The molecule has 31 heavy (non-hydrogen) atoms. The van der Waals surface area contributed by atoms with Crippen molar-refractivity contribution >= 4 is 5.82 Å². The topological polar surface area (TPSA) is 98.1 Å². The van der Waals surface area contributed by atoms with Gasteiger partial charge in [-0.15, -0.1) is 0 Å². The van der Waals surface area contributed by atoms with Gasteiger partial charge in [-0.3, -0.25) is 0 Å². The molecule has 1 aromatic heterocycles. The molecule has 0 aliphatic carbocycles. The molecule has 8 nitrogen and oxygen atoms in total. The molecular formula is C23H31N7O. The van der Waals surface area contributed by atoms with E-state index in [1.807, 2.05) is 6.07 Å². The molecule has 2 saturated heterocycles. The molecule has 2 atom stereocenters. The minimum Gasteiger partial charge on any atom is -0.496 e. The van der Waals surface area contributed by atoms with Crippen LogP contribution in [0.4, 0.5) is 5.82 Å². The third-order valence-electron chi connectivity index (χ3n) is 6.34. The normalized spacial score (nSPS) is 22.2. The quantitative estimate of drug-likeness (QED) is 0.628. The van der Waals surface area contributed by atoms with Crippen LogP contribution in [-0.2, 0) is 6.42 Å². The number of piperidine rings is 1. The van der Waals surface area contributed by atoms with Crippen molar-refractivity contribution in [2.75, 3.05) is 32.1 Å². The maximum absolute atomic E-state index is 8.85. The first-order valence-corrected chi connectivity index (χ1v) is 11.1. The smallest absolute Gasteiger partial charge is 0.158 e. The van der Waals surface area contributed by atoms with Crippen LogP contribution in [0.5, 0.6) is 5.75 Å². The molecule has 0 spiro atoms. The van der Waals surface area contributed by atoms with E-state index >= 15 is 0 Å². The maximum Gasteiger partial charge on any atom is 0.158 e. The monoisotopic (exact) mass is 421 g/mol. The van der Waals surface area contributed by atoms with Gasteiger partial charge in [-0.1, -0.05) is 19.1 Å². The average molecular weight is 422 g/mol. The molecule has 2 fully saturated rings. The Morgan fingerprint density at radius 1 is 1.23 bits per heavy atom. The highest BCUT2D eigenvalue weighted by atomic mass is 16.5. The summed E-state index contributed by atoms with van der Waals surface area (Å²) in [6, 6.07) is 8.75. The molecule has 8 heteroatoms. The van der Waals surface area contributed by atoms with Crippen molar-refractivity contribution in [2.24, 2.45) is 5.92 Å². The summed E-state index contributed by atoms with van der Waals surface area (Å²) >= 11 is 0. The van der Waals surface area contributed by atoms with Crippen LogP contribution >= 0.6 is 0 Å². The van der Waals surface area contributed by atoms with E-state index in [-0.39, 0.29) is 12.2 Å². The van der Waals surface area contributed by atoms with Crippen molar-refractivity contribution in [1.82, 2.24) is 25.7 Å². The van der Waals surface area contributed by atoms with E-state index in [0.29, 0.717) is 11.5 Å². The Hall–Kier alpha value is -2.73. The van der Waals surface area contributed by atoms with Gasteiger partial charge in [-0.05, 0) is 56.4 Å². The van der Waals surface area contributed by atoms with E-state index in [1.54, 1.807) is 13.3 Å². The van der Waals surface area contributed by atoms with E-state index in [1.165, 1.54) is 37.7 Å². The lowest BCUT2D eigenvalue weighted by molar-refractivity contribution is 0.192. The highest BCUT2D eigenvalue weighted by Gasteiger charge is 2.28. The highest BCUT2D eigenvalue weighted by molar-refractivity contribution is 5.41. The van der Waals surface area contributed by atoms with Crippen LogP contribution in [0, 0.1) is 17.2 Å². The van der Waals surface area contributed by atoms with Gasteiger partial charge in [0.2, 0.25) is 0 Å². The van der Waals surface area contributed by atoms with Gasteiger partial charge in [-0.2, -0.15) is 5.26 Å². The summed E-state index contributed by atoms with van der Waals surface area (Å²) in [7, 11) is 1.74. The number of likely N-dealkylation sites (tertiary alicyclic amines) is 1. The minimum atomic E-state index is 0.000341. The Bertz CT molecular complexity index is 903. The first-order chi connectivity index (χ1) is 15.2. The number of ether oxygens (including phenoxy) is 1. The predicted octanol–water partition coefficient (Wildman–Crippen LogP) is 2.61. The van der Waals surface area contributed by atoms with E-state index < -0.39 is 0 Å². The maximum atomic E-state index is 8.85. The molecule has 2 aliphatic rings. The van der Waals surface area contributed by atoms with Crippen LogP contribution in [0.15, 0.2) is 30.6 Å². The standard InChI is InChI=1S/C23H31N7O/c1-3-30-8-6-16(7-9-30)10-17-4-5-19(21(11-17)31-2)20-12-22(29-28-20)27-23-15-25-18(13-24)14-26-23/h4-5,11,14-16,20,22,28-29H,3,6-10,12H2,1-2H3,(H,26,27). The van der Waals surface area contributed by atoms with Gasteiger partial charge in [0.15, 0.2) is 5.69 Å². The number of benzene rings is 1. The van der Waals surface area contributed by atoms with Crippen molar-refractivity contribution in [1.29, 1.82) is 5.26 Å². The Kier molecular flexibility index (Phi) is 6.97. The summed E-state index contributed by atoms with van der Waals surface area (Å²) in [6.45, 7) is 5.83. The van der Waals surface area contributed by atoms with Gasteiger partial charge in [0.1, 0.15) is 17.6 Å². The fourth-order valence-corrected chi connectivity index (χ4v) is 4.50. The zero-order valence-electron chi connectivity index (χ0n) is 18.3. The summed E-state index contributed by atoms with van der Waals surface area (Å²) in [6.07, 6.45) is 7.54. The van der Waals surface area contributed by atoms with Crippen LogP contribution in [0.1, 0.15) is 49.0 Å². The molecule has 1 aromatic carbocycles. The van der Waals surface area contributed by atoms with Gasteiger partial charge in [0.25, 0.3) is 0 Å². The molecule has 2 aliphatic heterocycles. The van der Waals surface area contributed by atoms with Crippen LogP contribution in [0.3, 0.4) is 0 Å². The third-order valence-corrected chi connectivity index (χ3v) is 6.34. The molecule has 4 rings (SSSR count). The van der Waals surface area contributed by atoms with Crippen molar-refractivity contribution in [3.8, 4) is 11.8 Å². The summed E-state index contributed by atoms with van der Waals surface area (Å²) < 4.78 is 5.75. The van der Waals surface area contributed by atoms with Crippen molar-refractivity contribution in [3.05, 3.63) is 47.4 Å². The van der Waals surface area contributed by atoms with Gasteiger partial charge in [0, 0.05) is 12.0 Å². The van der Waals surface area contributed by atoms with E-state index in [2.05, 4.69) is 56.2 Å². The number of nitriles is 1. The average Bonchev–Trinajstić information content (AvgIpc) is 3.28. The highest BCUT2D eigenvalue weighted by Crippen LogP contribution is 2.32. The number of methoxy groups -OCH3 is 1. The molecule has 3 heterocycles. The molecule has 3 N–H and O–H groups in total. The molecule has 2 unspecified atom stereocenters. The molecule has 0 radical (unpaired) electrons. The third kappa shape index (κ3) is 5.31. The zero-order valence-corrected chi connectivity index (χ0v) is 18.3. The van der Waals surface area contributed by atoms with E-state index in [9.17, 15) is 0 Å². The number of anilines is 1. The Labute approximate surface area is 184 Å². The molecule has 2 aromatic rings. The number of hydrogen-bond donors (Lipinski definition) is 3. The Morgan fingerprint density at radius 2 is 2.06 bits per heavy atom. The first kappa shape index (κ1) is 21.5. The lowest BCUT2D eigenvalue weighted by Gasteiger charge is -2.31. The zero-order chi connectivity index (χ0) is 21.6. The van der Waals surface area contributed by atoms with Gasteiger partial charge < -0.3 is 15.0 Å². The van der Waals surface area contributed by atoms with Crippen molar-refractivity contribution in [3.63, 3.8) is 0 Å². The second-order valence-corrected chi connectivity index (χ2v) is 8.33. The fraction of sp³-hybridized carbons (Fsp3) is 0.522. The van der Waals surface area contributed by atoms with E-state index in [0.717, 1.165) is 36.6 Å². The second kappa shape index (κ2) is 10.1. The number of aromatic nitrogens is 2.